The average molecular weight is 329 g/mol. The van der Waals surface area contributed by atoms with Gasteiger partial charge in [0.2, 0.25) is 5.91 Å². The van der Waals surface area contributed by atoms with Crippen LogP contribution in [-0.4, -0.2) is 85.9 Å². The SMILES string of the molecule is COCCCNC(=O)[C@@H](C)N1CCN(C[C@H](O)C(C)(C)C)CC1. The summed E-state index contributed by atoms with van der Waals surface area (Å²) in [5, 5.41) is 13.2. The highest BCUT2D eigenvalue weighted by Gasteiger charge is 2.29. The van der Waals surface area contributed by atoms with E-state index in [9.17, 15) is 9.90 Å². The lowest BCUT2D eigenvalue weighted by molar-refractivity contribution is -0.126. The number of hydrogen-bond acceptors (Lipinski definition) is 5. The van der Waals surface area contributed by atoms with Gasteiger partial charge in [0.15, 0.2) is 0 Å². The van der Waals surface area contributed by atoms with E-state index in [1.807, 2.05) is 6.92 Å². The molecule has 6 nitrogen and oxygen atoms in total. The van der Waals surface area contributed by atoms with Crippen LogP contribution in [0.5, 0.6) is 0 Å². The number of carbonyl (C=O) groups excluding carboxylic acids is 1. The molecule has 0 aromatic carbocycles. The predicted molar refractivity (Wildman–Crippen MR) is 92.4 cm³/mol. The van der Waals surface area contributed by atoms with Gasteiger partial charge in [0.05, 0.1) is 12.1 Å². The van der Waals surface area contributed by atoms with Gasteiger partial charge in [0.1, 0.15) is 0 Å². The number of nitrogens with zero attached hydrogens (tertiary/aromatic N) is 2. The summed E-state index contributed by atoms with van der Waals surface area (Å²) in [6, 6.07) is -0.104. The summed E-state index contributed by atoms with van der Waals surface area (Å²) in [5.41, 5.74) is -0.0908. The average Bonchev–Trinajstić information content (AvgIpc) is 2.50. The standard InChI is InChI=1S/C17H35N3O3/c1-14(16(22)18-7-6-12-23-5)20-10-8-19(9-11-20)13-15(21)17(2,3)4/h14-15,21H,6-13H2,1-5H3,(H,18,22)/t14-,15+/m1/s1. The maximum absolute atomic E-state index is 12.1. The summed E-state index contributed by atoms with van der Waals surface area (Å²) >= 11 is 0. The second-order valence-electron chi connectivity index (χ2n) is 7.53. The zero-order chi connectivity index (χ0) is 17.5. The summed E-state index contributed by atoms with van der Waals surface area (Å²) in [6.07, 6.45) is 0.517. The number of carbonyl (C=O) groups is 1. The number of hydrogen-bond donors (Lipinski definition) is 2. The number of amides is 1. The van der Waals surface area contributed by atoms with Crippen LogP contribution in [0, 0.1) is 5.41 Å². The quantitative estimate of drug-likeness (QED) is 0.637. The normalized spacial score (nSPS) is 20.3. The number of ether oxygens (including phenoxy) is 1. The van der Waals surface area contributed by atoms with Gasteiger partial charge in [-0.25, -0.2) is 0 Å². The van der Waals surface area contributed by atoms with Crippen LogP contribution in [0.4, 0.5) is 0 Å². The van der Waals surface area contributed by atoms with Crippen LogP contribution in [0.15, 0.2) is 0 Å². The van der Waals surface area contributed by atoms with Crippen molar-refractivity contribution in [2.24, 2.45) is 5.41 Å². The van der Waals surface area contributed by atoms with Gasteiger partial charge >= 0.3 is 0 Å². The van der Waals surface area contributed by atoms with Crippen molar-refractivity contribution in [1.82, 2.24) is 15.1 Å². The summed E-state index contributed by atoms with van der Waals surface area (Å²) in [7, 11) is 1.67. The summed E-state index contributed by atoms with van der Waals surface area (Å²) in [6.45, 7) is 13.7. The molecule has 0 aliphatic carbocycles. The zero-order valence-corrected chi connectivity index (χ0v) is 15.5. The van der Waals surface area contributed by atoms with Gasteiger partial charge in [-0.3, -0.25) is 14.6 Å². The van der Waals surface area contributed by atoms with Crippen LogP contribution in [0.25, 0.3) is 0 Å². The Morgan fingerprint density at radius 1 is 1.26 bits per heavy atom. The van der Waals surface area contributed by atoms with Gasteiger partial charge in [-0.15, -0.1) is 0 Å². The number of rotatable bonds is 8. The molecule has 1 heterocycles. The van der Waals surface area contributed by atoms with Gasteiger partial charge in [-0.05, 0) is 18.8 Å². The van der Waals surface area contributed by atoms with E-state index in [4.69, 9.17) is 4.74 Å². The molecule has 23 heavy (non-hydrogen) atoms. The van der Waals surface area contributed by atoms with Gasteiger partial charge in [0, 0.05) is 53.0 Å². The third-order valence-electron chi connectivity index (χ3n) is 4.59. The smallest absolute Gasteiger partial charge is 0.237 e. The molecule has 1 saturated heterocycles. The van der Waals surface area contributed by atoms with Gasteiger partial charge in [0.25, 0.3) is 0 Å². The van der Waals surface area contributed by atoms with E-state index >= 15 is 0 Å². The van der Waals surface area contributed by atoms with E-state index in [-0.39, 0.29) is 23.5 Å². The van der Waals surface area contributed by atoms with E-state index in [0.29, 0.717) is 19.7 Å². The fourth-order valence-electron chi connectivity index (χ4n) is 2.59. The van der Waals surface area contributed by atoms with E-state index in [0.717, 1.165) is 32.6 Å². The Hall–Kier alpha value is -0.690. The highest BCUT2D eigenvalue weighted by Crippen LogP contribution is 2.20. The molecule has 0 spiro atoms. The van der Waals surface area contributed by atoms with E-state index < -0.39 is 0 Å². The third-order valence-corrected chi connectivity index (χ3v) is 4.59. The highest BCUT2D eigenvalue weighted by atomic mass is 16.5. The molecule has 1 aliphatic rings. The Labute approximate surface area is 141 Å². The van der Waals surface area contributed by atoms with E-state index in [1.54, 1.807) is 7.11 Å². The number of β-amino-alcohol motifs (C(OH)–C–C–N with tert-alkyl or cyclic N) is 1. The molecule has 1 amide bonds. The van der Waals surface area contributed by atoms with E-state index in [1.165, 1.54) is 0 Å². The fraction of sp³-hybridized carbons (Fsp3) is 0.941. The maximum atomic E-state index is 12.1. The van der Waals surface area contributed by atoms with Crippen molar-refractivity contribution in [2.75, 3.05) is 53.0 Å². The summed E-state index contributed by atoms with van der Waals surface area (Å²) in [4.78, 5) is 16.7. The van der Waals surface area contributed by atoms with Gasteiger partial charge < -0.3 is 15.2 Å². The molecule has 0 unspecified atom stereocenters. The first-order chi connectivity index (χ1) is 10.8. The Morgan fingerprint density at radius 3 is 2.39 bits per heavy atom. The molecular formula is C17H35N3O3. The summed E-state index contributed by atoms with van der Waals surface area (Å²) in [5.74, 6) is 0.0873. The van der Waals surface area contributed by atoms with Crippen molar-refractivity contribution < 1.29 is 14.6 Å². The number of nitrogens with one attached hydrogen (secondary N) is 1. The molecule has 6 heteroatoms. The Kier molecular flexibility index (Phi) is 8.47. The molecule has 136 valence electrons. The molecule has 1 rings (SSSR count). The van der Waals surface area contributed by atoms with Crippen LogP contribution < -0.4 is 5.32 Å². The first-order valence-corrected chi connectivity index (χ1v) is 8.67. The monoisotopic (exact) mass is 329 g/mol. The number of aliphatic hydroxyl groups excluding tert-OH is 1. The Bertz CT molecular complexity index is 349. The number of aliphatic hydroxyl groups is 1. The topological polar surface area (TPSA) is 65.0 Å². The van der Waals surface area contributed by atoms with Crippen LogP contribution >= 0.6 is 0 Å². The minimum absolute atomic E-state index is 0.0873. The Balaban J connectivity index is 2.30. The van der Waals surface area contributed by atoms with Crippen molar-refractivity contribution in [1.29, 1.82) is 0 Å². The second kappa shape index (κ2) is 9.57. The molecule has 2 N–H and O–H groups in total. The lowest BCUT2D eigenvalue weighted by Crippen LogP contribution is -2.55. The lowest BCUT2D eigenvalue weighted by atomic mass is 9.89. The zero-order valence-electron chi connectivity index (χ0n) is 15.5. The highest BCUT2D eigenvalue weighted by molar-refractivity contribution is 5.81. The fourth-order valence-corrected chi connectivity index (χ4v) is 2.59. The van der Waals surface area contributed by atoms with E-state index in [2.05, 4.69) is 35.9 Å². The van der Waals surface area contributed by atoms with Crippen LogP contribution in [0.2, 0.25) is 0 Å². The molecule has 0 aromatic heterocycles. The molecule has 0 bridgehead atoms. The van der Waals surface area contributed by atoms with Crippen molar-refractivity contribution in [3.8, 4) is 0 Å². The minimum atomic E-state index is -0.324. The molecule has 0 aromatic rings. The first-order valence-electron chi connectivity index (χ1n) is 8.67. The number of piperazine rings is 1. The molecule has 2 atom stereocenters. The van der Waals surface area contributed by atoms with Gasteiger partial charge in [-0.1, -0.05) is 20.8 Å². The van der Waals surface area contributed by atoms with Gasteiger partial charge in [-0.2, -0.15) is 0 Å². The number of methoxy groups -OCH3 is 1. The molecule has 0 radical (unpaired) electrons. The van der Waals surface area contributed by atoms with Crippen LogP contribution in [0.3, 0.4) is 0 Å². The van der Waals surface area contributed by atoms with Crippen molar-refractivity contribution in [3.63, 3.8) is 0 Å². The lowest BCUT2D eigenvalue weighted by Gasteiger charge is -2.39. The third kappa shape index (κ3) is 7.16. The molecular weight excluding hydrogens is 294 g/mol. The van der Waals surface area contributed by atoms with Crippen molar-refractivity contribution in [3.05, 3.63) is 0 Å². The van der Waals surface area contributed by atoms with Crippen LogP contribution in [0.1, 0.15) is 34.1 Å². The molecule has 1 aliphatic heterocycles. The predicted octanol–water partition coefficient (Wildman–Crippen LogP) is 0.552. The minimum Gasteiger partial charge on any atom is -0.391 e. The summed E-state index contributed by atoms with van der Waals surface area (Å²) < 4.78 is 4.98. The van der Waals surface area contributed by atoms with Crippen molar-refractivity contribution >= 4 is 5.91 Å². The largest absolute Gasteiger partial charge is 0.391 e. The molecule has 0 saturated carbocycles. The maximum Gasteiger partial charge on any atom is 0.237 e. The van der Waals surface area contributed by atoms with Crippen molar-refractivity contribution in [2.45, 2.75) is 46.3 Å². The first kappa shape index (κ1) is 20.4. The Morgan fingerprint density at radius 2 is 1.87 bits per heavy atom. The molecule has 1 fully saturated rings. The van der Waals surface area contributed by atoms with Crippen LogP contribution in [-0.2, 0) is 9.53 Å². The second-order valence-corrected chi connectivity index (χ2v) is 7.53.